The number of para-hydroxylation sites is 1. The smallest absolute Gasteiger partial charge is 0.366 e. The van der Waals surface area contributed by atoms with Crippen molar-refractivity contribution in [3.05, 3.63) is 59.0 Å². The van der Waals surface area contributed by atoms with Gasteiger partial charge in [-0.1, -0.05) is 12.1 Å². The van der Waals surface area contributed by atoms with E-state index in [0.717, 1.165) is 0 Å². The first-order chi connectivity index (χ1) is 9.74. The molecule has 0 aliphatic carbocycles. The molecule has 0 heterocycles. The number of ether oxygens (including phenoxy) is 1. The Hall–Kier alpha value is -2.89. The zero-order valence-corrected chi connectivity index (χ0v) is 10.7. The van der Waals surface area contributed by atoms with E-state index in [4.69, 9.17) is 9.57 Å². The van der Waals surface area contributed by atoms with Gasteiger partial charge < -0.3 is 9.57 Å². The van der Waals surface area contributed by atoms with Gasteiger partial charge in [0.1, 0.15) is 17.0 Å². The summed E-state index contributed by atoms with van der Waals surface area (Å²) in [5, 5.41) is 2.78. The molecule has 0 saturated carbocycles. The van der Waals surface area contributed by atoms with E-state index >= 15 is 0 Å². The van der Waals surface area contributed by atoms with Crippen LogP contribution in [0.1, 0.15) is 10.4 Å². The lowest BCUT2D eigenvalue weighted by Gasteiger charge is -2.09. The second kappa shape index (κ2) is 6.33. The molecule has 0 aromatic heterocycles. The van der Waals surface area contributed by atoms with Gasteiger partial charge in [0, 0.05) is 0 Å². The summed E-state index contributed by atoms with van der Waals surface area (Å²) in [4.78, 5) is 27.1. The van der Waals surface area contributed by atoms with E-state index < -0.39 is 5.97 Å². The van der Waals surface area contributed by atoms with Crippen LogP contribution in [-0.2, 0) is 4.84 Å². The molecular formula is C14H12N2O4. The summed E-state index contributed by atoms with van der Waals surface area (Å²) >= 11 is 0. The molecule has 102 valence electrons. The Morgan fingerprint density at radius 2 is 1.80 bits per heavy atom. The molecule has 0 radical (unpaired) electrons. The molecule has 0 amide bonds. The van der Waals surface area contributed by atoms with Crippen LogP contribution < -0.4 is 10.2 Å². The molecule has 0 aliphatic heterocycles. The maximum absolute atomic E-state index is 11.9. The number of nitrogens with zero attached hydrogens (tertiary/aromatic N) is 1. The maximum atomic E-state index is 11.9. The monoisotopic (exact) mass is 272 g/mol. The first-order valence-corrected chi connectivity index (χ1v) is 5.78. The highest BCUT2D eigenvalue weighted by Crippen LogP contribution is 2.19. The van der Waals surface area contributed by atoms with E-state index in [-0.39, 0.29) is 0 Å². The minimum atomic E-state index is -0.569. The summed E-state index contributed by atoms with van der Waals surface area (Å²) in [6, 6.07) is 12.9. The Morgan fingerprint density at radius 3 is 2.45 bits per heavy atom. The van der Waals surface area contributed by atoms with Gasteiger partial charge >= 0.3 is 5.97 Å². The van der Waals surface area contributed by atoms with Gasteiger partial charge in [-0.2, -0.15) is 0 Å². The molecule has 0 bridgehead atoms. The van der Waals surface area contributed by atoms with Crippen LogP contribution >= 0.6 is 0 Å². The summed E-state index contributed by atoms with van der Waals surface area (Å²) in [5.41, 5.74) is 3.64. The van der Waals surface area contributed by atoms with E-state index in [1.165, 1.54) is 19.2 Å². The molecule has 2 aromatic carbocycles. The lowest BCUT2D eigenvalue weighted by molar-refractivity contribution is 0.0593. The predicted octanol–water partition coefficient (Wildman–Crippen LogP) is 3.28. The quantitative estimate of drug-likeness (QED) is 0.667. The summed E-state index contributed by atoms with van der Waals surface area (Å²) in [6.07, 6.45) is 0. The third kappa shape index (κ3) is 3.11. The Morgan fingerprint density at radius 1 is 1.10 bits per heavy atom. The largest absolute Gasteiger partial charge is 0.496 e. The van der Waals surface area contributed by atoms with Crippen LogP contribution in [0, 0.1) is 4.91 Å². The van der Waals surface area contributed by atoms with E-state index in [0.29, 0.717) is 22.7 Å². The van der Waals surface area contributed by atoms with Crippen molar-refractivity contribution in [1.82, 2.24) is 0 Å². The van der Waals surface area contributed by atoms with Crippen molar-refractivity contribution in [3.8, 4) is 5.75 Å². The van der Waals surface area contributed by atoms with Crippen LogP contribution in [0.25, 0.3) is 0 Å². The van der Waals surface area contributed by atoms with Gasteiger partial charge in [-0.3, -0.25) is 0 Å². The fourth-order valence-electron chi connectivity index (χ4n) is 1.56. The minimum absolute atomic E-state index is 0.298. The second-order valence-electron chi connectivity index (χ2n) is 3.83. The van der Waals surface area contributed by atoms with Gasteiger partial charge in [-0.05, 0) is 41.6 Å². The van der Waals surface area contributed by atoms with Gasteiger partial charge in [0.15, 0.2) is 0 Å². The molecule has 0 unspecified atom stereocenters. The standard InChI is InChI=1S/C14H12N2O4/c1-19-13-5-3-2-4-12(13)14(17)20-16-11-8-6-10(15-18)7-9-11/h2-9,16H,1H3. The maximum Gasteiger partial charge on any atom is 0.366 e. The Bertz CT molecular complexity index is 611. The number of carbonyl (C=O) groups is 1. The normalized spacial score (nSPS) is 9.65. The topological polar surface area (TPSA) is 77.0 Å². The molecule has 0 atom stereocenters. The highest BCUT2D eigenvalue weighted by molar-refractivity contribution is 5.92. The van der Waals surface area contributed by atoms with Gasteiger partial charge in [0.2, 0.25) is 0 Å². The molecular weight excluding hydrogens is 260 g/mol. The van der Waals surface area contributed by atoms with E-state index in [9.17, 15) is 9.70 Å². The van der Waals surface area contributed by atoms with E-state index in [1.54, 1.807) is 36.4 Å². The van der Waals surface area contributed by atoms with Crippen molar-refractivity contribution in [2.24, 2.45) is 5.18 Å². The number of anilines is 1. The lowest BCUT2D eigenvalue weighted by atomic mass is 10.2. The van der Waals surface area contributed by atoms with Crippen LogP contribution in [0.4, 0.5) is 11.4 Å². The number of nitroso groups, excluding NO2 is 1. The molecule has 1 N–H and O–H groups in total. The Labute approximate surface area is 115 Å². The van der Waals surface area contributed by atoms with E-state index in [2.05, 4.69) is 10.7 Å². The molecule has 20 heavy (non-hydrogen) atoms. The number of nitrogens with one attached hydrogen (secondary N) is 1. The summed E-state index contributed by atoms with van der Waals surface area (Å²) in [6.45, 7) is 0. The predicted molar refractivity (Wildman–Crippen MR) is 73.9 cm³/mol. The first kappa shape index (κ1) is 13.5. The molecule has 0 saturated heterocycles. The summed E-state index contributed by atoms with van der Waals surface area (Å²) < 4.78 is 5.07. The molecule has 6 nitrogen and oxygen atoms in total. The third-order valence-corrected chi connectivity index (χ3v) is 2.56. The van der Waals surface area contributed by atoms with Crippen molar-refractivity contribution in [1.29, 1.82) is 0 Å². The van der Waals surface area contributed by atoms with Gasteiger partial charge in [-0.15, -0.1) is 4.91 Å². The molecule has 6 heteroatoms. The summed E-state index contributed by atoms with van der Waals surface area (Å²) in [5.74, 6) is -0.139. The van der Waals surface area contributed by atoms with Crippen LogP contribution in [0.3, 0.4) is 0 Å². The van der Waals surface area contributed by atoms with Crippen LogP contribution in [0.2, 0.25) is 0 Å². The fourth-order valence-corrected chi connectivity index (χ4v) is 1.56. The van der Waals surface area contributed by atoms with Crippen molar-refractivity contribution in [2.75, 3.05) is 12.6 Å². The van der Waals surface area contributed by atoms with Crippen LogP contribution in [0.5, 0.6) is 5.75 Å². The Kier molecular flexibility index (Phi) is 4.28. The highest BCUT2D eigenvalue weighted by Gasteiger charge is 2.13. The number of methoxy groups -OCH3 is 1. The zero-order chi connectivity index (χ0) is 14.4. The Balaban J connectivity index is 2.02. The van der Waals surface area contributed by atoms with Gasteiger partial charge in [-0.25, -0.2) is 10.3 Å². The summed E-state index contributed by atoms with van der Waals surface area (Å²) in [7, 11) is 1.48. The molecule has 2 aromatic rings. The molecule has 0 fully saturated rings. The highest BCUT2D eigenvalue weighted by atomic mass is 16.7. The zero-order valence-electron chi connectivity index (χ0n) is 10.7. The average molecular weight is 272 g/mol. The van der Waals surface area contributed by atoms with Crippen LogP contribution in [-0.4, -0.2) is 13.1 Å². The first-order valence-electron chi connectivity index (χ1n) is 5.78. The molecule has 0 aliphatic rings. The SMILES string of the molecule is COc1ccccc1C(=O)ONc1ccc(N=O)cc1. The van der Waals surface area contributed by atoms with Crippen LogP contribution in [0.15, 0.2) is 53.7 Å². The van der Waals surface area contributed by atoms with Gasteiger partial charge in [0.25, 0.3) is 0 Å². The van der Waals surface area contributed by atoms with Gasteiger partial charge in [0.05, 0.1) is 12.8 Å². The van der Waals surface area contributed by atoms with Crippen molar-refractivity contribution in [3.63, 3.8) is 0 Å². The number of rotatable bonds is 5. The number of hydrogen-bond donors (Lipinski definition) is 1. The second-order valence-corrected chi connectivity index (χ2v) is 3.83. The molecule has 0 spiro atoms. The third-order valence-electron chi connectivity index (χ3n) is 2.56. The fraction of sp³-hybridized carbons (Fsp3) is 0.0714. The van der Waals surface area contributed by atoms with E-state index in [1.807, 2.05) is 0 Å². The lowest BCUT2D eigenvalue weighted by Crippen LogP contribution is -2.11. The minimum Gasteiger partial charge on any atom is -0.496 e. The number of carbonyl (C=O) groups excluding carboxylic acids is 1. The van der Waals surface area contributed by atoms with Crippen molar-refractivity contribution < 1.29 is 14.4 Å². The van der Waals surface area contributed by atoms with Crippen molar-refractivity contribution >= 4 is 17.3 Å². The average Bonchev–Trinajstić information content (AvgIpc) is 2.53. The number of benzene rings is 2. The molecule has 2 rings (SSSR count). The van der Waals surface area contributed by atoms with Crippen molar-refractivity contribution in [2.45, 2.75) is 0 Å². The number of hydrogen-bond acceptors (Lipinski definition) is 6.